The summed E-state index contributed by atoms with van der Waals surface area (Å²) in [4.78, 5) is 0.288. The van der Waals surface area contributed by atoms with Crippen LogP contribution in [0.3, 0.4) is 0 Å². The van der Waals surface area contributed by atoms with E-state index in [1.807, 2.05) is 42.5 Å². The molecule has 0 radical (unpaired) electrons. The normalized spacial score (nSPS) is 11.7. The largest absolute Gasteiger partial charge is 0.268 e. The molecular weight excluding hydrogens is 422 g/mol. The molecule has 1 aromatic heterocycles. The van der Waals surface area contributed by atoms with Gasteiger partial charge in [0.1, 0.15) is 0 Å². The molecule has 0 saturated heterocycles. The van der Waals surface area contributed by atoms with Crippen LogP contribution in [0.25, 0.3) is 10.9 Å². The van der Waals surface area contributed by atoms with Crippen LogP contribution in [0.1, 0.15) is 11.1 Å². The Bertz CT molecular complexity index is 1180. The molecule has 0 fully saturated rings. The summed E-state index contributed by atoms with van der Waals surface area (Å²) in [7, 11) is -3.65. The molecule has 3 nitrogen and oxygen atoms in total. The second kappa shape index (κ2) is 7.33. The van der Waals surface area contributed by atoms with Crippen LogP contribution in [0.15, 0.2) is 94.4 Å². The average molecular weight is 440 g/mol. The van der Waals surface area contributed by atoms with Crippen LogP contribution >= 0.6 is 15.9 Å². The first-order chi connectivity index (χ1) is 13.1. The minimum absolute atomic E-state index is 0.288. The van der Waals surface area contributed by atoms with Crippen LogP contribution < -0.4 is 0 Å². The number of halogens is 1. The maximum Gasteiger partial charge on any atom is 0.268 e. The lowest BCUT2D eigenvalue weighted by atomic mass is 10.0. The Labute approximate surface area is 167 Å². The summed E-state index contributed by atoms with van der Waals surface area (Å²) in [5, 5.41) is 0.966. The van der Waals surface area contributed by atoms with Gasteiger partial charge in [-0.15, -0.1) is 0 Å². The average Bonchev–Trinajstić information content (AvgIpc) is 3.06. The fourth-order valence-electron chi connectivity index (χ4n) is 3.27. The van der Waals surface area contributed by atoms with Crippen LogP contribution in [0, 0.1) is 0 Å². The van der Waals surface area contributed by atoms with E-state index in [4.69, 9.17) is 0 Å². The van der Waals surface area contributed by atoms with Gasteiger partial charge in [-0.3, -0.25) is 0 Å². The van der Waals surface area contributed by atoms with Gasteiger partial charge < -0.3 is 0 Å². The highest BCUT2D eigenvalue weighted by molar-refractivity contribution is 9.10. The summed E-state index contributed by atoms with van der Waals surface area (Å²) in [5.41, 5.74) is 2.96. The Balaban J connectivity index is 1.81. The van der Waals surface area contributed by atoms with Gasteiger partial charge in [-0.1, -0.05) is 70.5 Å². The van der Waals surface area contributed by atoms with Crippen molar-refractivity contribution in [2.75, 3.05) is 0 Å². The smallest absolute Gasteiger partial charge is 0.241 e. The third-order valence-corrected chi connectivity index (χ3v) is 6.82. The van der Waals surface area contributed by atoms with E-state index < -0.39 is 10.0 Å². The van der Waals surface area contributed by atoms with Crippen molar-refractivity contribution >= 4 is 36.9 Å². The van der Waals surface area contributed by atoms with Crippen molar-refractivity contribution in [2.45, 2.75) is 17.7 Å². The van der Waals surface area contributed by atoms with Crippen molar-refractivity contribution in [3.63, 3.8) is 0 Å². The monoisotopic (exact) mass is 439 g/mol. The molecule has 27 heavy (non-hydrogen) atoms. The standard InChI is InChI=1S/C22H18BrNO2S/c23-19-13-14-21-18(12-11-17-7-3-1-4-8-17)16-24(22(21)15-19)27(25,26)20-9-5-2-6-10-20/h1-10,13-16H,11-12H2. The molecule has 0 bridgehead atoms. The summed E-state index contributed by atoms with van der Waals surface area (Å²) in [6.07, 6.45) is 3.41. The summed E-state index contributed by atoms with van der Waals surface area (Å²) in [6, 6.07) is 24.6. The number of hydrogen-bond donors (Lipinski definition) is 0. The molecule has 0 atom stereocenters. The quantitative estimate of drug-likeness (QED) is 0.415. The molecule has 0 aliphatic carbocycles. The molecule has 136 valence electrons. The number of aryl methyl sites for hydroxylation is 2. The molecule has 0 aliphatic rings. The highest BCUT2D eigenvalue weighted by Crippen LogP contribution is 2.29. The molecule has 4 rings (SSSR count). The first-order valence-electron chi connectivity index (χ1n) is 8.70. The Morgan fingerprint density at radius 2 is 1.48 bits per heavy atom. The summed E-state index contributed by atoms with van der Waals surface area (Å²) in [5.74, 6) is 0. The van der Waals surface area contributed by atoms with E-state index >= 15 is 0 Å². The van der Waals surface area contributed by atoms with E-state index in [1.165, 1.54) is 9.54 Å². The van der Waals surface area contributed by atoms with Crippen LogP contribution in [0.5, 0.6) is 0 Å². The molecule has 3 aromatic carbocycles. The Hall–Kier alpha value is -2.37. The SMILES string of the molecule is O=S(=O)(c1ccccc1)n1cc(CCc2ccccc2)c2ccc(Br)cc21. The van der Waals surface area contributed by atoms with Crippen molar-refractivity contribution in [2.24, 2.45) is 0 Å². The Kier molecular flexibility index (Phi) is 4.89. The fraction of sp³-hybridized carbons (Fsp3) is 0.0909. The summed E-state index contributed by atoms with van der Waals surface area (Å²) >= 11 is 3.47. The second-order valence-electron chi connectivity index (χ2n) is 6.42. The second-order valence-corrected chi connectivity index (χ2v) is 9.15. The molecule has 0 spiro atoms. The number of hydrogen-bond acceptors (Lipinski definition) is 2. The minimum Gasteiger partial charge on any atom is -0.241 e. The molecule has 4 aromatic rings. The van der Waals surface area contributed by atoms with Crippen molar-refractivity contribution in [1.82, 2.24) is 3.97 Å². The van der Waals surface area contributed by atoms with Crippen LogP contribution in [-0.2, 0) is 22.9 Å². The van der Waals surface area contributed by atoms with Gasteiger partial charge >= 0.3 is 0 Å². The van der Waals surface area contributed by atoms with E-state index in [-0.39, 0.29) is 4.90 Å². The van der Waals surface area contributed by atoms with E-state index in [1.54, 1.807) is 30.5 Å². The Morgan fingerprint density at radius 3 is 2.19 bits per heavy atom. The third kappa shape index (κ3) is 3.57. The van der Waals surface area contributed by atoms with Crippen molar-refractivity contribution in [1.29, 1.82) is 0 Å². The van der Waals surface area contributed by atoms with Gasteiger partial charge in [-0.05, 0) is 48.2 Å². The van der Waals surface area contributed by atoms with Gasteiger partial charge in [0.25, 0.3) is 10.0 Å². The predicted molar refractivity (Wildman–Crippen MR) is 113 cm³/mol. The summed E-state index contributed by atoms with van der Waals surface area (Å²) in [6.45, 7) is 0. The summed E-state index contributed by atoms with van der Waals surface area (Å²) < 4.78 is 28.6. The molecular formula is C22H18BrNO2S. The van der Waals surface area contributed by atoms with Crippen LogP contribution in [0.2, 0.25) is 0 Å². The molecule has 0 unspecified atom stereocenters. The number of fused-ring (bicyclic) bond motifs is 1. The number of rotatable bonds is 5. The van der Waals surface area contributed by atoms with Gasteiger partial charge in [0.05, 0.1) is 10.4 Å². The maximum absolute atomic E-state index is 13.2. The van der Waals surface area contributed by atoms with Gasteiger partial charge in [0.2, 0.25) is 0 Å². The Morgan fingerprint density at radius 1 is 0.815 bits per heavy atom. The van der Waals surface area contributed by atoms with Gasteiger partial charge in [0, 0.05) is 16.1 Å². The number of nitrogens with zero attached hydrogens (tertiary/aromatic N) is 1. The molecule has 0 N–H and O–H groups in total. The maximum atomic E-state index is 13.2. The lowest BCUT2D eigenvalue weighted by Crippen LogP contribution is -2.11. The molecule has 0 amide bonds. The molecule has 0 aliphatic heterocycles. The van der Waals surface area contributed by atoms with Gasteiger partial charge in [0.15, 0.2) is 0 Å². The highest BCUT2D eigenvalue weighted by Gasteiger charge is 2.21. The first-order valence-corrected chi connectivity index (χ1v) is 10.9. The van der Waals surface area contributed by atoms with E-state index in [0.29, 0.717) is 5.52 Å². The highest BCUT2D eigenvalue weighted by atomic mass is 79.9. The van der Waals surface area contributed by atoms with Crippen molar-refractivity contribution < 1.29 is 8.42 Å². The third-order valence-electron chi connectivity index (χ3n) is 4.64. The predicted octanol–water partition coefficient (Wildman–Crippen LogP) is 5.43. The zero-order valence-corrected chi connectivity index (χ0v) is 16.9. The first kappa shape index (κ1) is 18.0. The molecule has 1 heterocycles. The van der Waals surface area contributed by atoms with E-state index in [9.17, 15) is 8.42 Å². The molecule has 5 heteroatoms. The van der Waals surface area contributed by atoms with E-state index in [0.717, 1.165) is 28.3 Å². The lowest BCUT2D eigenvalue weighted by molar-refractivity contribution is 0.589. The molecule has 0 saturated carbocycles. The van der Waals surface area contributed by atoms with Gasteiger partial charge in [-0.2, -0.15) is 0 Å². The van der Waals surface area contributed by atoms with Crippen molar-refractivity contribution in [3.05, 3.63) is 101 Å². The fourth-order valence-corrected chi connectivity index (χ4v) is 5.02. The number of benzene rings is 3. The minimum atomic E-state index is -3.65. The van der Waals surface area contributed by atoms with Crippen LogP contribution in [-0.4, -0.2) is 12.4 Å². The lowest BCUT2D eigenvalue weighted by Gasteiger charge is -2.07. The number of aromatic nitrogens is 1. The van der Waals surface area contributed by atoms with Crippen molar-refractivity contribution in [3.8, 4) is 0 Å². The topological polar surface area (TPSA) is 39.1 Å². The van der Waals surface area contributed by atoms with E-state index in [2.05, 4.69) is 28.1 Å². The zero-order valence-electron chi connectivity index (χ0n) is 14.5. The van der Waals surface area contributed by atoms with Crippen LogP contribution in [0.4, 0.5) is 0 Å². The zero-order chi connectivity index (χ0) is 18.9. The van der Waals surface area contributed by atoms with Gasteiger partial charge in [-0.25, -0.2) is 12.4 Å².